The van der Waals surface area contributed by atoms with Gasteiger partial charge in [0.25, 0.3) is 0 Å². The molecule has 0 saturated carbocycles. The molecule has 0 spiro atoms. The molecule has 132 valence electrons. The number of carbonyl (C=O) groups is 2. The lowest BCUT2D eigenvalue weighted by Crippen LogP contribution is -2.38. The molecule has 5 heteroatoms. The van der Waals surface area contributed by atoms with Crippen LogP contribution in [0.1, 0.15) is 23.6 Å². The highest BCUT2D eigenvalue weighted by molar-refractivity contribution is 5.95. The molecule has 0 aliphatic rings. The highest BCUT2D eigenvalue weighted by Gasteiger charge is 2.14. The molecule has 2 N–H and O–H groups in total. The van der Waals surface area contributed by atoms with Crippen molar-refractivity contribution in [3.63, 3.8) is 0 Å². The van der Waals surface area contributed by atoms with Crippen molar-refractivity contribution in [1.29, 1.82) is 0 Å². The lowest BCUT2D eigenvalue weighted by atomic mass is 10.1. The van der Waals surface area contributed by atoms with Crippen molar-refractivity contribution in [3.8, 4) is 0 Å². The Hall–Kier alpha value is -2.66. The predicted octanol–water partition coefficient (Wildman–Crippen LogP) is 2.52. The van der Waals surface area contributed by atoms with Gasteiger partial charge in [-0.1, -0.05) is 42.5 Å². The van der Waals surface area contributed by atoms with Gasteiger partial charge in [0.15, 0.2) is 0 Å². The van der Waals surface area contributed by atoms with E-state index in [9.17, 15) is 14.7 Å². The molecule has 2 aromatic carbocycles. The summed E-state index contributed by atoms with van der Waals surface area (Å²) in [5, 5.41) is 12.0. The number of rotatable bonds is 7. The van der Waals surface area contributed by atoms with E-state index in [-0.39, 0.29) is 25.0 Å². The van der Waals surface area contributed by atoms with E-state index in [0.717, 1.165) is 16.7 Å². The summed E-state index contributed by atoms with van der Waals surface area (Å²) in [6.07, 6.45) is 0.701. The number of amides is 2. The Morgan fingerprint density at radius 3 is 2.44 bits per heavy atom. The molecule has 0 unspecified atom stereocenters. The zero-order chi connectivity index (χ0) is 18.2. The zero-order valence-corrected chi connectivity index (χ0v) is 14.7. The van der Waals surface area contributed by atoms with Crippen molar-refractivity contribution >= 4 is 17.5 Å². The van der Waals surface area contributed by atoms with Crippen molar-refractivity contribution in [2.24, 2.45) is 0 Å². The fraction of sp³-hybridized carbons (Fsp3) is 0.300. The van der Waals surface area contributed by atoms with Crippen molar-refractivity contribution in [3.05, 3.63) is 65.2 Å². The lowest BCUT2D eigenvalue weighted by molar-refractivity contribution is -0.132. The minimum Gasteiger partial charge on any atom is -0.392 e. The Morgan fingerprint density at radius 2 is 1.80 bits per heavy atom. The summed E-state index contributed by atoms with van der Waals surface area (Å²) >= 11 is 0. The third-order valence-corrected chi connectivity index (χ3v) is 4.05. The molecule has 0 saturated heterocycles. The maximum Gasteiger partial charge on any atom is 0.244 e. The van der Waals surface area contributed by atoms with Crippen LogP contribution >= 0.6 is 0 Å². The predicted molar refractivity (Wildman–Crippen MR) is 98.1 cm³/mol. The Morgan fingerprint density at radius 1 is 1.08 bits per heavy atom. The number of hydrogen-bond donors (Lipinski definition) is 2. The van der Waals surface area contributed by atoms with Gasteiger partial charge >= 0.3 is 0 Å². The summed E-state index contributed by atoms with van der Waals surface area (Å²) in [5.41, 5.74) is 3.42. The van der Waals surface area contributed by atoms with E-state index in [0.29, 0.717) is 18.7 Å². The third kappa shape index (κ3) is 5.72. The summed E-state index contributed by atoms with van der Waals surface area (Å²) < 4.78 is 0. The van der Waals surface area contributed by atoms with Crippen LogP contribution < -0.4 is 5.32 Å². The topological polar surface area (TPSA) is 69.6 Å². The molecule has 2 rings (SSSR count). The number of carbonyl (C=O) groups excluding carboxylic acids is 2. The second-order valence-corrected chi connectivity index (χ2v) is 6.03. The number of hydrogen-bond acceptors (Lipinski definition) is 3. The number of benzene rings is 2. The maximum atomic E-state index is 12.3. The van der Waals surface area contributed by atoms with Gasteiger partial charge in [0.1, 0.15) is 0 Å². The summed E-state index contributed by atoms with van der Waals surface area (Å²) in [7, 11) is 0. The van der Waals surface area contributed by atoms with Gasteiger partial charge in [0.2, 0.25) is 11.8 Å². The molecule has 0 aromatic heterocycles. The van der Waals surface area contributed by atoms with Crippen LogP contribution in [0.15, 0.2) is 48.5 Å². The standard InChI is InChI=1S/C20H24N2O3/c1-15-8-9-18(14-23)12-19(15)21-20(25)13-22(16(2)24)11-10-17-6-4-3-5-7-17/h3-9,12,23H,10-11,13-14H2,1-2H3,(H,21,25). The minimum atomic E-state index is -0.249. The molecule has 25 heavy (non-hydrogen) atoms. The normalized spacial score (nSPS) is 10.4. The molecule has 2 aromatic rings. The number of anilines is 1. The number of aliphatic hydroxyl groups is 1. The van der Waals surface area contributed by atoms with Gasteiger partial charge < -0.3 is 15.3 Å². The molecule has 0 bridgehead atoms. The molecule has 0 fully saturated rings. The average Bonchev–Trinajstić information content (AvgIpc) is 2.61. The van der Waals surface area contributed by atoms with Gasteiger partial charge in [0, 0.05) is 19.2 Å². The number of aliphatic hydroxyl groups excluding tert-OH is 1. The zero-order valence-electron chi connectivity index (χ0n) is 14.7. The van der Waals surface area contributed by atoms with Crippen molar-refractivity contribution < 1.29 is 14.7 Å². The lowest BCUT2D eigenvalue weighted by Gasteiger charge is -2.21. The average molecular weight is 340 g/mol. The molecule has 0 heterocycles. The minimum absolute atomic E-state index is 0.00492. The largest absolute Gasteiger partial charge is 0.392 e. The second-order valence-electron chi connectivity index (χ2n) is 6.03. The number of nitrogens with one attached hydrogen (secondary N) is 1. The third-order valence-electron chi connectivity index (χ3n) is 4.05. The molecule has 0 aliphatic heterocycles. The highest BCUT2D eigenvalue weighted by Crippen LogP contribution is 2.17. The quantitative estimate of drug-likeness (QED) is 0.814. The van der Waals surface area contributed by atoms with Crippen LogP contribution in [0, 0.1) is 6.92 Å². The van der Waals surface area contributed by atoms with E-state index in [4.69, 9.17) is 0 Å². The fourth-order valence-corrected chi connectivity index (χ4v) is 2.52. The Labute approximate surface area is 148 Å². The van der Waals surface area contributed by atoms with Crippen LogP contribution in [0.25, 0.3) is 0 Å². The van der Waals surface area contributed by atoms with Crippen LogP contribution in [0.3, 0.4) is 0 Å². The Balaban J connectivity index is 1.97. The van der Waals surface area contributed by atoms with Gasteiger partial charge in [0.05, 0.1) is 13.2 Å². The molecular formula is C20H24N2O3. The van der Waals surface area contributed by atoms with Crippen LogP contribution in [-0.4, -0.2) is 34.9 Å². The molecule has 0 radical (unpaired) electrons. The summed E-state index contributed by atoms with van der Waals surface area (Å²) in [6, 6.07) is 15.3. The molecule has 0 aliphatic carbocycles. The van der Waals surface area contributed by atoms with E-state index < -0.39 is 0 Å². The van der Waals surface area contributed by atoms with Gasteiger partial charge in [-0.15, -0.1) is 0 Å². The first-order chi connectivity index (χ1) is 12.0. The fourth-order valence-electron chi connectivity index (χ4n) is 2.52. The Kier molecular flexibility index (Phi) is 6.71. The van der Waals surface area contributed by atoms with Gasteiger partial charge in [-0.3, -0.25) is 9.59 Å². The van der Waals surface area contributed by atoms with Gasteiger partial charge in [-0.05, 0) is 36.1 Å². The van der Waals surface area contributed by atoms with E-state index in [1.165, 1.54) is 11.8 Å². The highest BCUT2D eigenvalue weighted by atomic mass is 16.3. The first-order valence-corrected chi connectivity index (χ1v) is 8.29. The van der Waals surface area contributed by atoms with E-state index >= 15 is 0 Å². The molecule has 5 nitrogen and oxygen atoms in total. The second kappa shape index (κ2) is 8.99. The van der Waals surface area contributed by atoms with Crippen LogP contribution in [0.4, 0.5) is 5.69 Å². The first kappa shape index (κ1) is 18.7. The summed E-state index contributed by atoms with van der Waals surface area (Å²) in [4.78, 5) is 25.7. The molecule has 2 amide bonds. The van der Waals surface area contributed by atoms with E-state index in [1.54, 1.807) is 6.07 Å². The Bertz CT molecular complexity index is 729. The van der Waals surface area contributed by atoms with Crippen LogP contribution in [0.2, 0.25) is 0 Å². The van der Waals surface area contributed by atoms with Crippen molar-refractivity contribution in [1.82, 2.24) is 4.90 Å². The maximum absolute atomic E-state index is 12.3. The monoisotopic (exact) mass is 340 g/mol. The van der Waals surface area contributed by atoms with Gasteiger partial charge in [-0.25, -0.2) is 0 Å². The molecular weight excluding hydrogens is 316 g/mol. The van der Waals surface area contributed by atoms with Gasteiger partial charge in [-0.2, -0.15) is 0 Å². The van der Waals surface area contributed by atoms with E-state index in [1.807, 2.05) is 49.4 Å². The molecule has 0 atom stereocenters. The van der Waals surface area contributed by atoms with E-state index in [2.05, 4.69) is 5.32 Å². The smallest absolute Gasteiger partial charge is 0.244 e. The summed E-state index contributed by atoms with van der Waals surface area (Å²) in [6.45, 7) is 3.76. The van der Waals surface area contributed by atoms with Crippen molar-refractivity contribution in [2.45, 2.75) is 26.9 Å². The summed E-state index contributed by atoms with van der Waals surface area (Å²) in [5.74, 6) is -0.381. The van der Waals surface area contributed by atoms with Crippen LogP contribution in [-0.2, 0) is 22.6 Å². The first-order valence-electron chi connectivity index (χ1n) is 8.29. The van der Waals surface area contributed by atoms with Crippen LogP contribution in [0.5, 0.6) is 0 Å². The van der Waals surface area contributed by atoms with Crippen molar-refractivity contribution in [2.75, 3.05) is 18.4 Å². The number of aryl methyl sites for hydroxylation is 1. The number of nitrogens with zero attached hydrogens (tertiary/aromatic N) is 1. The SMILES string of the molecule is CC(=O)N(CCc1ccccc1)CC(=O)Nc1cc(CO)ccc1C.